The van der Waals surface area contributed by atoms with Crippen LogP contribution in [0.3, 0.4) is 0 Å². The van der Waals surface area contributed by atoms with Gasteiger partial charge in [-0.25, -0.2) is 18.1 Å². The molecule has 1 amide bonds. The molecule has 3 atom stereocenters. The standard InChI is InChI=1S/C25H32N4O3S2/c1-15-10-17(13-25(3,4)12-15)26-24(30)19-11-20(21-6-5-8-33-21)27-23-22(19)16(2)28-29(23)18-7-9-34(31,32)14-18/h5-6,8,11,15,17-18H,7,9-10,12-14H2,1-4H3,(H,26,30). The molecule has 34 heavy (non-hydrogen) atoms. The Bertz CT molecular complexity index is 1340. The van der Waals surface area contributed by atoms with Gasteiger partial charge in [0.05, 0.1) is 44.8 Å². The third kappa shape index (κ3) is 4.52. The number of hydrogen-bond donors (Lipinski definition) is 1. The van der Waals surface area contributed by atoms with Gasteiger partial charge in [0.1, 0.15) is 0 Å². The van der Waals surface area contributed by atoms with Crippen LogP contribution >= 0.6 is 11.3 Å². The Hall–Kier alpha value is -2.26. The van der Waals surface area contributed by atoms with Crippen LogP contribution in [0.4, 0.5) is 0 Å². The third-order valence-corrected chi connectivity index (χ3v) is 9.77. The van der Waals surface area contributed by atoms with Gasteiger partial charge in [0.15, 0.2) is 15.5 Å². The molecule has 1 saturated carbocycles. The van der Waals surface area contributed by atoms with Crippen molar-refractivity contribution >= 4 is 38.1 Å². The molecule has 4 heterocycles. The first kappa shape index (κ1) is 23.5. The summed E-state index contributed by atoms with van der Waals surface area (Å²) in [6, 6.07) is 5.67. The van der Waals surface area contributed by atoms with Crippen molar-refractivity contribution in [1.29, 1.82) is 0 Å². The topological polar surface area (TPSA) is 93.9 Å². The molecular weight excluding hydrogens is 468 g/mol. The van der Waals surface area contributed by atoms with Crippen LogP contribution in [-0.4, -0.2) is 46.6 Å². The molecule has 5 rings (SSSR count). The second kappa shape index (κ2) is 8.45. The fraction of sp³-hybridized carbons (Fsp3) is 0.560. The SMILES string of the molecule is Cc1nn(C2CCS(=O)(=O)C2)c2nc(-c3cccs3)cc(C(=O)NC3CC(C)CC(C)(C)C3)c12. The number of carbonyl (C=O) groups excluding carboxylic acids is 1. The van der Waals surface area contributed by atoms with Crippen molar-refractivity contribution in [3.63, 3.8) is 0 Å². The molecule has 0 radical (unpaired) electrons. The number of nitrogens with zero attached hydrogens (tertiary/aromatic N) is 3. The zero-order valence-corrected chi connectivity index (χ0v) is 21.8. The van der Waals surface area contributed by atoms with Gasteiger partial charge < -0.3 is 5.32 Å². The lowest BCUT2D eigenvalue weighted by Gasteiger charge is -2.39. The van der Waals surface area contributed by atoms with Crippen LogP contribution in [0.5, 0.6) is 0 Å². The van der Waals surface area contributed by atoms with E-state index >= 15 is 0 Å². The highest BCUT2D eigenvalue weighted by Gasteiger charge is 2.35. The van der Waals surface area contributed by atoms with Crippen molar-refractivity contribution in [2.45, 2.75) is 65.5 Å². The Morgan fingerprint density at radius 3 is 2.74 bits per heavy atom. The van der Waals surface area contributed by atoms with Crippen LogP contribution in [0.15, 0.2) is 23.6 Å². The number of amides is 1. The van der Waals surface area contributed by atoms with E-state index in [-0.39, 0.29) is 34.9 Å². The number of hydrogen-bond acceptors (Lipinski definition) is 6. The number of pyridine rings is 1. The molecule has 3 aromatic heterocycles. The zero-order valence-electron chi connectivity index (χ0n) is 20.2. The fourth-order valence-corrected chi connectivity index (χ4v) is 8.36. The maximum atomic E-state index is 13.7. The molecular formula is C25H32N4O3S2. The van der Waals surface area contributed by atoms with Gasteiger partial charge in [-0.05, 0) is 61.5 Å². The van der Waals surface area contributed by atoms with E-state index in [2.05, 4.69) is 26.1 Å². The molecule has 7 nitrogen and oxygen atoms in total. The van der Waals surface area contributed by atoms with Crippen LogP contribution in [0.25, 0.3) is 21.6 Å². The number of aryl methyl sites for hydroxylation is 1. The van der Waals surface area contributed by atoms with E-state index in [1.165, 1.54) is 0 Å². The van der Waals surface area contributed by atoms with Crippen molar-refractivity contribution in [3.05, 3.63) is 34.8 Å². The largest absolute Gasteiger partial charge is 0.349 e. The quantitative estimate of drug-likeness (QED) is 0.557. The summed E-state index contributed by atoms with van der Waals surface area (Å²) in [4.78, 5) is 19.5. The first-order chi connectivity index (χ1) is 16.0. The number of carbonyl (C=O) groups is 1. The monoisotopic (exact) mass is 500 g/mol. The highest BCUT2D eigenvalue weighted by atomic mass is 32.2. The molecule has 1 saturated heterocycles. The molecule has 9 heteroatoms. The lowest BCUT2D eigenvalue weighted by atomic mass is 9.70. The number of fused-ring (bicyclic) bond motifs is 1. The second-order valence-corrected chi connectivity index (χ2v) is 14.1. The second-order valence-electron chi connectivity index (χ2n) is 10.9. The van der Waals surface area contributed by atoms with Gasteiger partial charge in [0.25, 0.3) is 5.91 Å². The minimum Gasteiger partial charge on any atom is -0.349 e. The average Bonchev–Trinajstić information content (AvgIpc) is 3.45. The molecule has 2 aliphatic rings. The highest BCUT2D eigenvalue weighted by Crippen LogP contribution is 2.39. The summed E-state index contributed by atoms with van der Waals surface area (Å²) in [5.41, 5.74) is 2.76. The summed E-state index contributed by atoms with van der Waals surface area (Å²) in [6.07, 6.45) is 3.60. The normalized spacial score (nSPS) is 26.1. The molecule has 1 aliphatic heterocycles. The van der Waals surface area contributed by atoms with Crippen molar-refractivity contribution in [1.82, 2.24) is 20.1 Å². The average molecular weight is 501 g/mol. The molecule has 3 unspecified atom stereocenters. The van der Waals surface area contributed by atoms with E-state index < -0.39 is 9.84 Å². The summed E-state index contributed by atoms with van der Waals surface area (Å²) in [5.74, 6) is 0.667. The zero-order chi connectivity index (χ0) is 24.3. The van der Waals surface area contributed by atoms with E-state index in [1.54, 1.807) is 16.0 Å². The van der Waals surface area contributed by atoms with Crippen molar-refractivity contribution in [2.24, 2.45) is 11.3 Å². The first-order valence-electron chi connectivity index (χ1n) is 12.0. The van der Waals surface area contributed by atoms with E-state index in [4.69, 9.17) is 10.1 Å². The molecule has 3 aromatic rings. The van der Waals surface area contributed by atoms with Crippen molar-refractivity contribution < 1.29 is 13.2 Å². The van der Waals surface area contributed by atoms with Gasteiger partial charge in [0, 0.05) is 6.04 Å². The van der Waals surface area contributed by atoms with Crippen molar-refractivity contribution in [2.75, 3.05) is 11.5 Å². The molecule has 1 N–H and O–H groups in total. The number of nitrogens with one attached hydrogen (secondary N) is 1. The van der Waals surface area contributed by atoms with Crippen LogP contribution in [0.1, 0.15) is 68.5 Å². The maximum Gasteiger partial charge on any atom is 0.252 e. The Kier molecular flexibility index (Phi) is 5.83. The lowest BCUT2D eigenvalue weighted by molar-refractivity contribution is 0.0875. The highest BCUT2D eigenvalue weighted by molar-refractivity contribution is 7.91. The van der Waals surface area contributed by atoms with Gasteiger partial charge in [-0.15, -0.1) is 11.3 Å². The minimum absolute atomic E-state index is 0.0602. The van der Waals surface area contributed by atoms with Gasteiger partial charge in [-0.1, -0.05) is 26.8 Å². The Labute approximate surface area is 204 Å². The van der Waals surface area contributed by atoms with E-state index in [0.29, 0.717) is 40.3 Å². The Balaban J connectivity index is 1.58. The Morgan fingerprint density at radius 2 is 2.09 bits per heavy atom. The Morgan fingerprint density at radius 1 is 1.29 bits per heavy atom. The smallest absolute Gasteiger partial charge is 0.252 e. The summed E-state index contributed by atoms with van der Waals surface area (Å²) < 4.78 is 26.1. The van der Waals surface area contributed by atoms with Crippen LogP contribution in [-0.2, 0) is 9.84 Å². The van der Waals surface area contributed by atoms with Crippen LogP contribution in [0, 0.1) is 18.3 Å². The van der Waals surface area contributed by atoms with Crippen LogP contribution in [0.2, 0.25) is 0 Å². The number of rotatable bonds is 4. The number of aromatic nitrogens is 3. The van der Waals surface area contributed by atoms with Gasteiger partial charge in [-0.3, -0.25) is 4.79 Å². The number of thiophene rings is 1. The first-order valence-corrected chi connectivity index (χ1v) is 14.7. The third-order valence-electron chi connectivity index (χ3n) is 7.13. The van der Waals surface area contributed by atoms with Crippen molar-refractivity contribution in [3.8, 4) is 10.6 Å². The predicted octanol–water partition coefficient (Wildman–Crippen LogP) is 4.77. The molecule has 0 aromatic carbocycles. The minimum atomic E-state index is -3.08. The summed E-state index contributed by atoms with van der Waals surface area (Å²) >= 11 is 1.57. The van der Waals surface area contributed by atoms with Gasteiger partial charge in [-0.2, -0.15) is 5.10 Å². The van der Waals surface area contributed by atoms with Gasteiger partial charge >= 0.3 is 0 Å². The van der Waals surface area contributed by atoms with E-state index in [9.17, 15) is 13.2 Å². The fourth-order valence-electron chi connectivity index (χ4n) is 5.98. The maximum absolute atomic E-state index is 13.7. The summed E-state index contributed by atoms with van der Waals surface area (Å²) in [5, 5.41) is 10.7. The van der Waals surface area contributed by atoms with Gasteiger partial charge in [0.2, 0.25) is 0 Å². The summed E-state index contributed by atoms with van der Waals surface area (Å²) in [7, 11) is -3.08. The molecule has 0 spiro atoms. The summed E-state index contributed by atoms with van der Waals surface area (Å²) in [6.45, 7) is 8.66. The van der Waals surface area contributed by atoms with E-state index in [0.717, 1.165) is 24.1 Å². The molecule has 2 fully saturated rings. The number of sulfone groups is 1. The molecule has 182 valence electrons. The predicted molar refractivity (Wildman–Crippen MR) is 136 cm³/mol. The molecule has 1 aliphatic carbocycles. The molecule has 0 bridgehead atoms. The lowest BCUT2D eigenvalue weighted by Crippen LogP contribution is -2.43. The van der Waals surface area contributed by atoms with Crippen LogP contribution < -0.4 is 5.32 Å². The van der Waals surface area contributed by atoms with E-state index in [1.807, 2.05) is 30.5 Å².